The summed E-state index contributed by atoms with van der Waals surface area (Å²) in [6, 6.07) is 9.40. The number of halogens is 2. The summed E-state index contributed by atoms with van der Waals surface area (Å²) < 4.78 is 33.9. The van der Waals surface area contributed by atoms with Crippen molar-refractivity contribution in [3.8, 4) is 18.1 Å². The van der Waals surface area contributed by atoms with Crippen molar-refractivity contribution in [3.05, 3.63) is 58.7 Å². The molecule has 1 amide bonds. The molecule has 1 aliphatic heterocycles. The molecule has 0 aliphatic carbocycles. The minimum Gasteiger partial charge on any atom is -0.495 e. The van der Waals surface area contributed by atoms with Crippen LogP contribution < -0.4 is 10.1 Å². The first-order valence-corrected chi connectivity index (χ1v) is 10.1. The molecule has 0 saturated carbocycles. The van der Waals surface area contributed by atoms with E-state index in [2.05, 4.69) is 28.1 Å². The van der Waals surface area contributed by atoms with E-state index in [0.29, 0.717) is 34.7 Å². The van der Waals surface area contributed by atoms with Gasteiger partial charge in [0.2, 0.25) is 0 Å². The number of piperazine rings is 1. The highest BCUT2D eigenvalue weighted by Crippen LogP contribution is 2.33. The Kier molecular flexibility index (Phi) is 6.94. The molecule has 3 rings (SSSR count). The van der Waals surface area contributed by atoms with Crippen LogP contribution in [-0.2, 0) is 12.5 Å². The van der Waals surface area contributed by atoms with Crippen molar-refractivity contribution in [2.24, 2.45) is 0 Å². The number of alkyl halides is 2. The number of anilines is 1. The number of hydrogen-bond donors (Lipinski definition) is 1. The number of carbonyl (C=O) groups excluding carboxylic acids is 1. The fourth-order valence-corrected chi connectivity index (χ4v) is 3.61. The van der Waals surface area contributed by atoms with Gasteiger partial charge in [0.05, 0.1) is 12.7 Å². The third-order valence-corrected chi connectivity index (χ3v) is 5.45. The van der Waals surface area contributed by atoms with E-state index in [1.54, 1.807) is 24.3 Å². The Labute approximate surface area is 182 Å². The molecule has 0 atom stereocenters. The standard InChI is InChI=1S/C24H27F2N3O2/c1-5-17-14-18(7-9-22(17)31-4)23(30)27-20-8-6-19(21(15-20)24(2,25)26)16-29-12-10-28(3)11-13-29/h1,6-9,14-15H,10-13,16H2,2-4H3,(H,27,30). The van der Waals surface area contributed by atoms with Crippen LogP contribution in [0.1, 0.15) is 34.0 Å². The molecule has 1 N–H and O–H groups in total. The molecule has 2 aromatic rings. The minimum absolute atomic E-state index is 0.0803. The number of likely N-dealkylation sites (N-methyl/N-ethyl adjacent to an activating group) is 1. The summed E-state index contributed by atoms with van der Waals surface area (Å²) >= 11 is 0. The first-order valence-electron chi connectivity index (χ1n) is 10.1. The number of carbonyl (C=O) groups is 1. The lowest BCUT2D eigenvalue weighted by Crippen LogP contribution is -2.44. The molecule has 7 heteroatoms. The van der Waals surface area contributed by atoms with Gasteiger partial charge in [-0.25, -0.2) is 8.78 Å². The van der Waals surface area contributed by atoms with Gasteiger partial charge in [0.25, 0.3) is 11.8 Å². The van der Waals surface area contributed by atoms with Gasteiger partial charge < -0.3 is 15.0 Å². The van der Waals surface area contributed by atoms with Crippen molar-refractivity contribution < 1.29 is 18.3 Å². The molecule has 0 unspecified atom stereocenters. The second-order valence-corrected chi connectivity index (χ2v) is 7.85. The summed E-state index contributed by atoms with van der Waals surface area (Å²) in [6.07, 6.45) is 5.46. The quantitative estimate of drug-likeness (QED) is 0.713. The highest BCUT2D eigenvalue weighted by molar-refractivity contribution is 6.04. The lowest BCUT2D eigenvalue weighted by molar-refractivity contribution is 0.0155. The van der Waals surface area contributed by atoms with Crippen LogP contribution in [0.25, 0.3) is 0 Å². The number of amides is 1. The average Bonchev–Trinajstić information content (AvgIpc) is 2.75. The van der Waals surface area contributed by atoms with E-state index in [1.807, 2.05) is 0 Å². The average molecular weight is 427 g/mol. The van der Waals surface area contributed by atoms with Crippen LogP contribution in [0.5, 0.6) is 5.75 Å². The van der Waals surface area contributed by atoms with Gasteiger partial charge in [-0.15, -0.1) is 6.42 Å². The summed E-state index contributed by atoms with van der Waals surface area (Å²) in [6.45, 7) is 4.81. The Hall–Kier alpha value is -2.95. The van der Waals surface area contributed by atoms with E-state index in [4.69, 9.17) is 11.2 Å². The Balaban J connectivity index is 1.81. The van der Waals surface area contributed by atoms with Crippen LogP contribution in [0.4, 0.5) is 14.5 Å². The molecule has 1 heterocycles. The third kappa shape index (κ3) is 5.60. The van der Waals surface area contributed by atoms with Crippen molar-refractivity contribution >= 4 is 11.6 Å². The molecular weight excluding hydrogens is 400 g/mol. The van der Waals surface area contributed by atoms with Crippen molar-refractivity contribution in [2.45, 2.75) is 19.4 Å². The molecule has 0 bridgehead atoms. The number of nitrogens with zero attached hydrogens (tertiary/aromatic N) is 2. The van der Waals surface area contributed by atoms with Gasteiger partial charge in [0, 0.05) is 56.5 Å². The number of benzene rings is 2. The summed E-state index contributed by atoms with van der Waals surface area (Å²) in [5.74, 6) is -0.504. The van der Waals surface area contributed by atoms with Gasteiger partial charge in [-0.05, 0) is 42.9 Å². The zero-order valence-electron chi connectivity index (χ0n) is 18.0. The largest absolute Gasteiger partial charge is 0.495 e. The van der Waals surface area contributed by atoms with Gasteiger partial charge in [-0.3, -0.25) is 9.69 Å². The molecule has 164 valence electrons. The maximum Gasteiger partial charge on any atom is 0.270 e. The highest BCUT2D eigenvalue weighted by atomic mass is 19.3. The normalized spacial score (nSPS) is 15.4. The van der Waals surface area contributed by atoms with E-state index >= 15 is 0 Å². The third-order valence-electron chi connectivity index (χ3n) is 5.45. The Bertz CT molecular complexity index is 987. The monoisotopic (exact) mass is 427 g/mol. The minimum atomic E-state index is -3.03. The zero-order valence-corrected chi connectivity index (χ0v) is 18.0. The van der Waals surface area contributed by atoms with Crippen LogP contribution in [0.2, 0.25) is 0 Å². The second-order valence-electron chi connectivity index (χ2n) is 7.85. The van der Waals surface area contributed by atoms with E-state index in [1.165, 1.54) is 19.2 Å². The van der Waals surface area contributed by atoms with E-state index in [0.717, 1.165) is 33.1 Å². The maximum absolute atomic E-state index is 14.4. The van der Waals surface area contributed by atoms with Crippen molar-refractivity contribution in [1.82, 2.24) is 9.80 Å². The molecular formula is C24H27F2N3O2. The number of nitrogens with one attached hydrogen (secondary N) is 1. The summed E-state index contributed by atoms with van der Waals surface area (Å²) in [4.78, 5) is 17.0. The SMILES string of the molecule is C#Cc1cc(C(=O)Nc2ccc(CN3CCN(C)CC3)c(C(C)(F)F)c2)ccc1OC. The molecule has 1 saturated heterocycles. The molecule has 5 nitrogen and oxygen atoms in total. The molecule has 1 aliphatic rings. The Morgan fingerprint density at radius 2 is 1.90 bits per heavy atom. The smallest absolute Gasteiger partial charge is 0.270 e. The topological polar surface area (TPSA) is 44.8 Å². The van der Waals surface area contributed by atoms with Gasteiger partial charge >= 0.3 is 0 Å². The van der Waals surface area contributed by atoms with Crippen LogP contribution >= 0.6 is 0 Å². The number of hydrogen-bond acceptors (Lipinski definition) is 4. The van der Waals surface area contributed by atoms with Gasteiger partial charge in [0.1, 0.15) is 5.75 Å². The number of terminal acetylenes is 1. The van der Waals surface area contributed by atoms with E-state index < -0.39 is 11.8 Å². The first kappa shape index (κ1) is 22.7. The van der Waals surface area contributed by atoms with E-state index in [-0.39, 0.29) is 5.56 Å². The number of methoxy groups -OCH3 is 1. The number of rotatable bonds is 6. The van der Waals surface area contributed by atoms with Crippen LogP contribution in [0.3, 0.4) is 0 Å². The summed E-state index contributed by atoms with van der Waals surface area (Å²) in [7, 11) is 3.54. The van der Waals surface area contributed by atoms with E-state index in [9.17, 15) is 13.6 Å². The molecule has 2 aromatic carbocycles. The summed E-state index contributed by atoms with van der Waals surface area (Å²) in [5, 5.41) is 2.69. The van der Waals surface area contributed by atoms with Crippen molar-refractivity contribution in [1.29, 1.82) is 0 Å². The van der Waals surface area contributed by atoms with Crippen LogP contribution in [0.15, 0.2) is 36.4 Å². The van der Waals surface area contributed by atoms with Gasteiger partial charge in [-0.1, -0.05) is 12.0 Å². The van der Waals surface area contributed by atoms with Gasteiger partial charge in [0.15, 0.2) is 0 Å². The zero-order chi connectivity index (χ0) is 22.6. The second kappa shape index (κ2) is 9.46. The summed E-state index contributed by atoms with van der Waals surface area (Å²) in [5.41, 5.74) is 1.55. The molecule has 0 aromatic heterocycles. The number of ether oxygens (including phenoxy) is 1. The molecule has 31 heavy (non-hydrogen) atoms. The fourth-order valence-electron chi connectivity index (χ4n) is 3.61. The van der Waals surface area contributed by atoms with Crippen LogP contribution in [-0.4, -0.2) is 56.0 Å². The first-order chi connectivity index (χ1) is 14.7. The molecule has 0 spiro atoms. The Morgan fingerprint density at radius 1 is 1.19 bits per heavy atom. The molecule has 0 radical (unpaired) electrons. The van der Waals surface area contributed by atoms with Crippen LogP contribution in [0, 0.1) is 12.3 Å². The molecule has 1 fully saturated rings. The predicted octanol–water partition coefficient (Wildman–Crippen LogP) is 3.79. The fraction of sp³-hybridized carbons (Fsp3) is 0.375. The predicted molar refractivity (Wildman–Crippen MR) is 118 cm³/mol. The lowest BCUT2D eigenvalue weighted by Gasteiger charge is -2.33. The van der Waals surface area contributed by atoms with Crippen molar-refractivity contribution in [2.75, 3.05) is 45.7 Å². The maximum atomic E-state index is 14.4. The highest BCUT2D eigenvalue weighted by Gasteiger charge is 2.29. The lowest BCUT2D eigenvalue weighted by atomic mass is 10.0. The van der Waals surface area contributed by atoms with Gasteiger partial charge in [-0.2, -0.15) is 0 Å². The Morgan fingerprint density at radius 3 is 2.52 bits per heavy atom. The van der Waals surface area contributed by atoms with Crippen molar-refractivity contribution in [3.63, 3.8) is 0 Å².